The van der Waals surface area contributed by atoms with E-state index in [1.165, 1.54) is 4.90 Å². The van der Waals surface area contributed by atoms with Crippen molar-refractivity contribution >= 4 is 6.09 Å². The molecule has 8 heteroatoms. The third-order valence-electron chi connectivity index (χ3n) is 3.91. The van der Waals surface area contributed by atoms with Gasteiger partial charge in [-0.1, -0.05) is 6.07 Å². The van der Waals surface area contributed by atoms with E-state index < -0.39 is 35.3 Å². The van der Waals surface area contributed by atoms with E-state index in [9.17, 15) is 20.0 Å². The van der Waals surface area contributed by atoms with Crippen molar-refractivity contribution in [1.82, 2.24) is 4.90 Å². The fraction of sp³-hybridized carbons (Fsp3) is 0.529. The van der Waals surface area contributed by atoms with Crippen LogP contribution >= 0.6 is 0 Å². The van der Waals surface area contributed by atoms with Gasteiger partial charge in [-0.3, -0.25) is 15.0 Å². The van der Waals surface area contributed by atoms with E-state index >= 15 is 0 Å². The van der Waals surface area contributed by atoms with Crippen LogP contribution in [0.1, 0.15) is 37.5 Å². The fourth-order valence-electron chi connectivity index (χ4n) is 2.82. The van der Waals surface area contributed by atoms with Gasteiger partial charge in [0.15, 0.2) is 0 Å². The largest absolute Gasteiger partial charge is 0.444 e. The number of nitro groups is 1. The third kappa shape index (κ3) is 4.67. The van der Waals surface area contributed by atoms with Crippen molar-refractivity contribution in [3.8, 4) is 6.07 Å². The lowest BCUT2D eigenvalue weighted by Gasteiger charge is -2.39. The van der Waals surface area contributed by atoms with Crippen LogP contribution in [0.2, 0.25) is 0 Å². The Morgan fingerprint density at radius 3 is 2.76 bits per heavy atom. The molecule has 1 unspecified atom stereocenters. The average molecular weight is 347 g/mol. The number of ether oxygens (including phenoxy) is 1. The van der Waals surface area contributed by atoms with Crippen molar-refractivity contribution in [2.24, 2.45) is 0 Å². The van der Waals surface area contributed by atoms with E-state index in [4.69, 9.17) is 10.00 Å². The van der Waals surface area contributed by atoms with E-state index in [2.05, 4.69) is 0 Å². The van der Waals surface area contributed by atoms with Crippen LogP contribution in [0.4, 0.5) is 4.79 Å². The molecule has 2 atom stereocenters. The number of amides is 1. The normalized spacial score (nSPS) is 18.0. The second kappa shape index (κ2) is 7.07. The van der Waals surface area contributed by atoms with Gasteiger partial charge < -0.3 is 9.84 Å². The Hall–Kier alpha value is -2.66. The Morgan fingerprint density at radius 1 is 1.52 bits per heavy atom. The number of nitriles is 1. The summed E-state index contributed by atoms with van der Waals surface area (Å²) < 4.78 is 5.38. The fourth-order valence-corrected chi connectivity index (χ4v) is 2.82. The summed E-state index contributed by atoms with van der Waals surface area (Å²) in [6.07, 6.45) is -1.70. The number of fused-ring (bicyclic) bond motifs is 1. The minimum Gasteiger partial charge on any atom is -0.444 e. The first-order chi connectivity index (χ1) is 11.6. The smallest absolute Gasteiger partial charge is 0.410 e. The van der Waals surface area contributed by atoms with E-state index in [-0.39, 0.29) is 13.0 Å². The van der Waals surface area contributed by atoms with E-state index in [1.807, 2.05) is 6.07 Å². The predicted octanol–water partition coefficient (Wildman–Crippen LogP) is 1.86. The molecule has 1 heterocycles. The minimum atomic E-state index is -1.31. The molecule has 0 spiro atoms. The number of hydrogen-bond acceptors (Lipinski definition) is 6. The maximum Gasteiger partial charge on any atom is 0.410 e. The molecule has 0 aromatic heterocycles. The van der Waals surface area contributed by atoms with Crippen LogP contribution in [0.25, 0.3) is 0 Å². The van der Waals surface area contributed by atoms with Crippen molar-refractivity contribution in [2.75, 3.05) is 6.54 Å². The number of carbonyl (C=O) groups excluding carboxylic acids is 1. The van der Waals surface area contributed by atoms with Gasteiger partial charge in [0.05, 0.1) is 17.7 Å². The topological polar surface area (TPSA) is 117 Å². The van der Waals surface area contributed by atoms with Gasteiger partial charge in [0.2, 0.25) is 6.54 Å². The molecule has 1 N–H and O–H groups in total. The highest BCUT2D eigenvalue weighted by Crippen LogP contribution is 2.28. The number of aliphatic hydroxyl groups excluding tert-OH is 1. The molecule has 0 aliphatic carbocycles. The van der Waals surface area contributed by atoms with Crippen LogP contribution < -0.4 is 0 Å². The highest BCUT2D eigenvalue weighted by Gasteiger charge is 2.38. The minimum absolute atomic E-state index is 0.124. The van der Waals surface area contributed by atoms with Crippen molar-refractivity contribution in [1.29, 1.82) is 5.26 Å². The molecule has 1 aromatic rings. The van der Waals surface area contributed by atoms with Gasteiger partial charge in [-0.15, -0.1) is 0 Å². The number of aliphatic hydroxyl groups is 1. The maximum absolute atomic E-state index is 12.5. The standard InChI is InChI=1S/C17H21N3O5/c1-17(2,3)25-16(22)19-9-13-6-11(8-18)4-5-12(13)7-14(19)15(21)10-20(23)24/h4-6,14-15,21H,7,9-10H2,1-3H3/t14?,15-/m1/s1. The van der Waals surface area contributed by atoms with Gasteiger partial charge in [-0.2, -0.15) is 5.26 Å². The molecule has 1 aromatic carbocycles. The zero-order valence-electron chi connectivity index (χ0n) is 14.4. The number of nitrogens with zero attached hydrogens (tertiary/aromatic N) is 3. The van der Waals surface area contributed by atoms with Gasteiger partial charge in [0.25, 0.3) is 0 Å². The van der Waals surface area contributed by atoms with Gasteiger partial charge in [0.1, 0.15) is 11.7 Å². The lowest BCUT2D eigenvalue weighted by atomic mass is 9.90. The van der Waals surface area contributed by atoms with Crippen molar-refractivity contribution in [3.63, 3.8) is 0 Å². The summed E-state index contributed by atoms with van der Waals surface area (Å²) >= 11 is 0. The molecule has 134 valence electrons. The van der Waals surface area contributed by atoms with Crippen LogP contribution in [-0.4, -0.2) is 45.3 Å². The Bertz CT molecular complexity index is 720. The van der Waals surface area contributed by atoms with Gasteiger partial charge in [-0.05, 0) is 50.5 Å². The van der Waals surface area contributed by atoms with Crippen molar-refractivity contribution in [3.05, 3.63) is 45.0 Å². The molecule has 0 bridgehead atoms. The average Bonchev–Trinajstić information content (AvgIpc) is 2.50. The number of benzene rings is 1. The molecule has 0 radical (unpaired) electrons. The quantitative estimate of drug-likeness (QED) is 0.659. The van der Waals surface area contributed by atoms with E-state index in [1.54, 1.807) is 39.0 Å². The molecule has 0 fully saturated rings. The van der Waals surface area contributed by atoms with Crippen LogP contribution in [0, 0.1) is 21.4 Å². The SMILES string of the molecule is CC(C)(C)OC(=O)N1Cc2cc(C#N)ccc2CC1[C@H](O)C[N+](=O)[O-]. The maximum atomic E-state index is 12.5. The molecule has 2 rings (SSSR count). The third-order valence-corrected chi connectivity index (χ3v) is 3.91. The zero-order chi connectivity index (χ0) is 18.8. The van der Waals surface area contributed by atoms with Crippen LogP contribution in [-0.2, 0) is 17.7 Å². The summed E-state index contributed by atoms with van der Waals surface area (Å²) in [4.78, 5) is 24.0. The Kier molecular flexibility index (Phi) is 5.28. The van der Waals surface area contributed by atoms with Crippen LogP contribution in [0.3, 0.4) is 0 Å². The van der Waals surface area contributed by atoms with E-state index in [0.717, 1.165) is 11.1 Å². The zero-order valence-corrected chi connectivity index (χ0v) is 14.4. The monoisotopic (exact) mass is 347 g/mol. The summed E-state index contributed by atoms with van der Waals surface area (Å²) in [5, 5.41) is 30.0. The summed E-state index contributed by atoms with van der Waals surface area (Å²) in [7, 11) is 0. The van der Waals surface area contributed by atoms with Gasteiger partial charge in [0, 0.05) is 11.5 Å². The number of rotatable bonds is 3. The second-order valence-corrected chi connectivity index (χ2v) is 7.06. The summed E-state index contributed by atoms with van der Waals surface area (Å²) in [5.41, 5.74) is 1.36. The number of hydrogen-bond donors (Lipinski definition) is 1. The van der Waals surface area contributed by atoms with Crippen molar-refractivity contribution < 1.29 is 19.6 Å². The van der Waals surface area contributed by atoms with Crippen molar-refractivity contribution in [2.45, 2.75) is 51.5 Å². The first-order valence-electron chi connectivity index (χ1n) is 7.92. The van der Waals surface area contributed by atoms with Crippen LogP contribution in [0.15, 0.2) is 18.2 Å². The van der Waals surface area contributed by atoms with E-state index in [0.29, 0.717) is 5.56 Å². The first-order valence-corrected chi connectivity index (χ1v) is 7.92. The molecule has 1 aliphatic heterocycles. The molecule has 0 saturated heterocycles. The molecule has 25 heavy (non-hydrogen) atoms. The molecule has 1 aliphatic rings. The molecular weight excluding hydrogens is 326 g/mol. The van der Waals surface area contributed by atoms with Gasteiger partial charge in [-0.25, -0.2) is 4.79 Å². The van der Waals surface area contributed by atoms with Crippen LogP contribution in [0.5, 0.6) is 0 Å². The number of carbonyl (C=O) groups is 1. The molecule has 8 nitrogen and oxygen atoms in total. The molecular formula is C17H21N3O5. The predicted molar refractivity (Wildman–Crippen MR) is 88.3 cm³/mol. The Morgan fingerprint density at radius 2 is 2.20 bits per heavy atom. The lowest BCUT2D eigenvalue weighted by Crippen LogP contribution is -2.53. The summed E-state index contributed by atoms with van der Waals surface area (Å²) in [6, 6.07) is 6.37. The highest BCUT2D eigenvalue weighted by molar-refractivity contribution is 5.69. The lowest BCUT2D eigenvalue weighted by molar-refractivity contribution is -0.491. The molecule has 1 amide bonds. The first kappa shape index (κ1) is 18.7. The second-order valence-electron chi connectivity index (χ2n) is 7.06. The molecule has 0 saturated carbocycles. The van der Waals surface area contributed by atoms with Gasteiger partial charge >= 0.3 is 6.09 Å². The summed E-state index contributed by atoms with van der Waals surface area (Å²) in [5.74, 6) is 0. The summed E-state index contributed by atoms with van der Waals surface area (Å²) in [6.45, 7) is 4.63. The highest BCUT2D eigenvalue weighted by atomic mass is 16.6. The Labute approximate surface area is 145 Å². The Balaban J connectivity index is 2.34.